The van der Waals surface area contributed by atoms with E-state index in [1.165, 1.54) is 25.7 Å². The Morgan fingerprint density at radius 1 is 1.17 bits per heavy atom. The third-order valence-electron chi connectivity index (χ3n) is 3.93. The highest BCUT2D eigenvalue weighted by atomic mass is 32.2. The van der Waals surface area contributed by atoms with E-state index >= 15 is 0 Å². The molecule has 0 spiro atoms. The van der Waals surface area contributed by atoms with Crippen LogP contribution in [0.15, 0.2) is 51.9 Å². The molecule has 0 amide bonds. The Morgan fingerprint density at radius 2 is 1.96 bits per heavy atom. The second kappa shape index (κ2) is 10.2. The summed E-state index contributed by atoms with van der Waals surface area (Å²) in [6.07, 6.45) is 8.58. The second-order valence-electron chi connectivity index (χ2n) is 5.65. The number of nitrogens with one attached hydrogen (secondary N) is 2. The van der Waals surface area contributed by atoms with Crippen molar-refractivity contribution >= 4 is 16.8 Å². The second-order valence-corrected chi connectivity index (χ2v) is 7.22. The Kier molecular flexibility index (Phi) is 7.87. The molecule has 5 heteroatoms. The van der Waals surface area contributed by atoms with Crippen molar-refractivity contribution in [1.29, 1.82) is 0 Å². The van der Waals surface area contributed by atoms with Crippen molar-refractivity contribution in [1.82, 2.24) is 10.6 Å². The zero-order valence-corrected chi connectivity index (χ0v) is 14.7. The molecule has 1 aromatic rings. The zero-order chi connectivity index (χ0) is 16.3. The minimum atomic E-state index is -0.966. The zero-order valence-electron chi connectivity index (χ0n) is 13.9. The van der Waals surface area contributed by atoms with E-state index in [2.05, 4.69) is 21.7 Å². The van der Waals surface area contributed by atoms with Crippen LogP contribution in [0.5, 0.6) is 0 Å². The molecular weight excluding hydrogens is 306 g/mol. The van der Waals surface area contributed by atoms with Gasteiger partial charge >= 0.3 is 0 Å². The van der Waals surface area contributed by atoms with Gasteiger partial charge in [-0.1, -0.05) is 29.8 Å². The van der Waals surface area contributed by atoms with Crippen LogP contribution in [0.3, 0.4) is 0 Å². The molecule has 0 aliphatic heterocycles. The molecule has 0 aromatic heterocycles. The molecular formula is C18H27N3OS. The highest BCUT2D eigenvalue weighted by molar-refractivity contribution is 7.85. The summed E-state index contributed by atoms with van der Waals surface area (Å²) in [4.78, 5) is 5.09. The fourth-order valence-electron chi connectivity index (χ4n) is 2.65. The maximum atomic E-state index is 12.1. The third-order valence-corrected chi connectivity index (χ3v) is 5.31. The van der Waals surface area contributed by atoms with E-state index in [0.29, 0.717) is 12.3 Å². The molecule has 1 aromatic carbocycles. The van der Waals surface area contributed by atoms with Gasteiger partial charge in [-0.05, 0) is 44.2 Å². The molecule has 1 atom stereocenters. The standard InChI is InChI=1S/C18H27N3OS/c1-19-18(20-13-12-16-8-4-2-5-9-16)21-14-15-23(22)17-10-6-3-7-11-17/h3,6-8,10-11H,2,4-5,9,12-15H2,1H3,(H2,19,20,21). The minimum Gasteiger partial charge on any atom is -0.356 e. The van der Waals surface area contributed by atoms with Crippen LogP contribution in [0, 0.1) is 0 Å². The highest BCUT2D eigenvalue weighted by Gasteiger charge is 2.05. The number of guanidine groups is 1. The fourth-order valence-corrected chi connectivity index (χ4v) is 3.63. The quantitative estimate of drug-likeness (QED) is 0.458. The Bertz CT molecular complexity index is 555. The van der Waals surface area contributed by atoms with Crippen LogP contribution in [0.2, 0.25) is 0 Å². The molecule has 23 heavy (non-hydrogen) atoms. The molecule has 1 unspecified atom stereocenters. The van der Waals surface area contributed by atoms with Crippen LogP contribution < -0.4 is 10.6 Å². The van der Waals surface area contributed by atoms with Crippen LogP contribution in [0.1, 0.15) is 32.1 Å². The van der Waals surface area contributed by atoms with Gasteiger partial charge in [-0.15, -0.1) is 0 Å². The number of nitrogens with zero attached hydrogens (tertiary/aromatic N) is 1. The normalized spacial score (nSPS) is 16.6. The average molecular weight is 334 g/mol. The lowest BCUT2D eigenvalue weighted by atomic mass is 9.97. The third kappa shape index (κ3) is 6.57. The van der Waals surface area contributed by atoms with Crippen molar-refractivity contribution in [3.8, 4) is 0 Å². The number of allylic oxidation sites excluding steroid dienone is 1. The Labute approximate surface area is 141 Å². The summed E-state index contributed by atoms with van der Waals surface area (Å²) in [6, 6.07) is 9.58. The summed E-state index contributed by atoms with van der Waals surface area (Å²) in [6.45, 7) is 1.54. The summed E-state index contributed by atoms with van der Waals surface area (Å²) in [5.74, 6) is 1.36. The monoisotopic (exact) mass is 333 g/mol. The van der Waals surface area contributed by atoms with Crippen molar-refractivity contribution in [3.05, 3.63) is 42.0 Å². The van der Waals surface area contributed by atoms with Gasteiger partial charge in [0.1, 0.15) is 0 Å². The summed E-state index contributed by atoms with van der Waals surface area (Å²) >= 11 is 0. The van der Waals surface area contributed by atoms with Crippen molar-refractivity contribution in [2.45, 2.75) is 37.0 Å². The molecule has 0 radical (unpaired) electrons. The van der Waals surface area contributed by atoms with Gasteiger partial charge in [-0.2, -0.15) is 0 Å². The molecule has 0 heterocycles. The van der Waals surface area contributed by atoms with Gasteiger partial charge in [0.05, 0.1) is 10.8 Å². The molecule has 2 N–H and O–H groups in total. The van der Waals surface area contributed by atoms with Gasteiger partial charge in [0, 0.05) is 30.8 Å². The largest absolute Gasteiger partial charge is 0.356 e. The van der Waals surface area contributed by atoms with E-state index < -0.39 is 10.8 Å². The first-order chi connectivity index (χ1) is 11.3. The van der Waals surface area contributed by atoms with Gasteiger partial charge in [-0.3, -0.25) is 9.20 Å². The molecule has 1 aliphatic rings. The molecule has 2 rings (SSSR count). The number of rotatable bonds is 7. The summed E-state index contributed by atoms with van der Waals surface area (Å²) in [7, 11) is 0.801. The first-order valence-electron chi connectivity index (χ1n) is 8.35. The van der Waals surface area contributed by atoms with E-state index in [-0.39, 0.29) is 0 Å². The van der Waals surface area contributed by atoms with E-state index in [4.69, 9.17) is 0 Å². The Balaban J connectivity index is 1.65. The first kappa shape index (κ1) is 17.7. The number of aliphatic imine (C=N–C) groups is 1. The van der Waals surface area contributed by atoms with E-state index in [9.17, 15) is 4.21 Å². The van der Waals surface area contributed by atoms with Crippen LogP contribution in [0.4, 0.5) is 0 Å². The smallest absolute Gasteiger partial charge is 0.191 e. The van der Waals surface area contributed by atoms with E-state index in [0.717, 1.165) is 23.8 Å². The Morgan fingerprint density at radius 3 is 2.65 bits per heavy atom. The number of hydrogen-bond donors (Lipinski definition) is 2. The van der Waals surface area contributed by atoms with Gasteiger partial charge in [0.15, 0.2) is 5.96 Å². The van der Waals surface area contributed by atoms with Crippen molar-refractivity contribution in [2.24, 2.45) is 4.99 Å². The number of benzene rings is 1. The molecule has 0 saturated heterocycles. The van der Waals surface area contributed by atoms with Crippen molar-refractivity contribution in [3.63, 3.8) is 0 Å². The summed E-state index contributed by atoms with van der Waals surface area (Å²) in [5, 5.41) is 6.56. The fraction of sp³-hybridized carbons (Fsp3) is 0.500. The topological polar surface area (TPSA) is 53.5 Å². The lowest BCUT2D eigenvalue weighted by Gasteiger charge is -2.15. The van der Waals surface area contributed by atoms with Crippen molar-refractivity contribution < 1.29 is 4.21 Å². The summed E-state index contributed by atoms with van der Waals surface area (Å²) in [5.41, 5.74) is 1.56. The average Bonchev–Trinajstić information content (AvgIpc) is 2.62. The van der Waals surface area contributed by atoms with Crippen LogP contribution >= 0.6 is 0 Å². The predicted molar refractivity (Wildman–Crippen MR) is 98.2 cm³/mol. The predicted octanol–water partition coefficient (Wildman–Crippen LogP) is 2.85. The number of hydrogen-bond acceptors (Lipinski definition) is 2. The van der Waals surface area contributed by atoms with Gasteiger partial charge in [-0.25, -0.2) is 0 Å². The van der Waals surface area contributed by atoms with Crippen LogP contribution in [0.25, 0.3) is 0 Å². The molecule has 0 saturated carbocycles. The lowest BCUT2D eigenvalue weighted by molar-refractivity contribution is 0.665. The molecule has 0 fully saturated rings. The van der Waals surface area contributed by atoms with Gasteiger partial charge in [0.2, 0.25) is 0 Å². The van der Waals surface area contributed by atoms with E-state index in [1.807, 2.05) is 30.3 Å². The minimum absolute atomic E-state index is 0.579. The molecule has 4 nitrogen and oxygen atoms in total. The van der Waals surface area contributed by atoms with Crippen LogP contribution in [-0.2, 0) is 10.8 Å². The highest BCUT2D eigenvalue weighted by Crippen LogP contribution is 2.19. The maximum absolute atomic E-state index is 12.1. The first-order valence-corrected chi connectivity index (χ1v) is 9.67. The van der Waals surface area contributed by atoms with Crippen molar-refractivity contribution in [2.75, 3.05) is 25.9 Å². The Hall–Kier alpha value is -1.62. The van der Waals surface area contributed by atoms with Crippen LogP contribution in [-0.4, -0.2) is 36.1 Å². The lowest BCUT2D eigenvalue weighted by Crippen LogP contribution is -2.39. The van der Waals surface area contributed by atoms with E-state index in [1.54, 1.807) is 12.6 Å². The maximum Gasteiger partial charge on any atom is 0.191 e. The molecule has 1 aliphatic carbocycles. The molecule has 126 valence electrons. The summed E-state index contributed by atoms with van der Waals surface area (Å²) < 4.78 is 12.1. The SMILES string of the molecule is CN=C(NCCC1=CCCCC1)NCCS(=O)c1ccccc1. The molecule has 0 bridgehead atoms. The van der Waals surface area contributed by atoms with Gasteiger partial charge in [0.25, 0.3) is 0 Å². The van der Waals surface area contributed by atoms with Gasteiger partial charge < -0.3 is 10.6 Å².